The molecule has 5 heteroatoms. The van der Waals surface area contributed by atoms with Crippen LogP contribution in [0.15, 0.2) is 54.6 Å². The van der Waals surface area contributed by atoms with E-state index in [1.165, 1.54) is 5.56 Å². The summed E-state index contributed by atoms with van der Waals surface area (Å²) in [6.45, 7) is 6.17. The highest BCUT2D eigenvalue weighted by atomic mass is 16.6. The van der Waals surface area contributed by atoms with E-state index in [9.17, 15) is 9.59 Å². The first-order valence-corrected chi connectivity index (χ1v) is 13.0. The van der Waals surface area contributed by atoms with E-state index >= 15 is 0 Å². The minimum atomic E-state index is -0.310. The van der Waals surface area contributed by atoms with Crippen LogP contribution in [-0.2, 0) is 9.47 Å². The molecule has 1 spiro atoms. The van der Waals surface area contributed by atoms with Gasteiger partial charge < -0.3 is 14.5 Å². The van der Waals surface area contributed by atoms with Gasteiger partial charge in [-0.3, -0.25) is 4.79 Å². The molecule has 1 aliphatic heterocycles. The van der Waals surface area contributed by atoms with Crippen LogP contribution < -0.4 is 0 Å². The van der Waals surface area contributed by atoms with Gasteiger partial charge in [0.15, 0.2) is 6.29 Å². The number of hydrogen-bond acceptors (Lipinski definition) is 4. The van der Waals surface area contributed by atoms with E-state index in [0.29, 0.717) is 17.5 Å². The number of H-pyrrole nitrogens is 1. The Labute approximate surface area is 216 Å². The summed E-state index contributed by atoms with van der Waals surface area (Å²) in [5, 5.41) is 2.25. The average Bonchev–Trinajstić information content (AvgIpc) is 3.41. The van der Waals surface area contributed by atoms with Gasteiger partial charge in [0.1, 0.15) is 6.10 Å². The number of carbonyl (C=O) groups excluding carboxylic acids is 2. The van der Waals surface area contributed by atoms with Gasteiger partial charge in [-0.2, -0.15) is 0 Å². The first-order chi connectivity index (χ1) is 17.9. The lowest BCUT2D eigenvalue weighted by molar-refractivity contribution is -0.0156. The summed E-state index contributed by atoms with van der Waals surface area (Å²) in [6.07, 6.45) is 7.93. The highest BCUT2D eigenvalue weighted by molar-refractivity contribution is 6.13. The lowest BCUT2D eigenvalue weighted by atomic mass is 9.92. The van der Waals surface area contributed by atoms with Crippen molar-refractivity contribution in [3.8, 4) is 0 Å². The molecule has 6 rings (SSSR count). The van der Waals surface area contributed by atoms with E-state index in [2.05, 4.69) is 43.1 Å². The summed E-state index contributed by atoms with van der Waals surface area (Å²) < 4.78 is 12.3. The Morgan fingerprint density at radius 1 is 1.08 bits per heavy atom. The number of aromatic amines is 1. The van der Waals surface area contributed by atoms with E-state index in [1.54, 1.807) is 12.1 Å². The normalized spacial score (nSPS) is 20.3. The van der Waals surface area contributed by atoms with Gasteiger partial charge in [0.2, 0.25) is 0 Å². The molecule has 0 unspecified atom stereocenters. The van der Waals surface area contributed by atoms with Gasteiger partial charge in [0.25, 0.3) is 0 Å². The number of hydrogen-bond donors (Lipinski definition) is 1. The maximum atomic E-state index is 12.7. The second kappa shape index (κ2) is 9.00. The third-order valence-corrected chi connectivity index (χ3v) is 8.04. The lowest BCUT2D eigenvalue weighted by Gasteiger charge is -2.18. The Bertz CT molecular complexity index is 1560. The van der Waals surface area contributed by atoms with Crippen molar-refractivity contribution in [3.63, 3.8) is 0 Å². The third-order valence-electron chi connectivity index (χ3n) is 8.04. The Morgan fingerprint density at radius 2 is 1.86 bits per heavy atom. The van der Waals surface area contributed by atoms with Gasteiger partial charge in [0.05, 0.1) is 22.8 Å². The fourth-order valence-corrected chi connectivity index (χ4v) is 5.84. The maximum absolute atomic E-state index is 12.7. The quantitative estimate of drug-likeness (QED) is 0.232. The molecule has 1 saturated heterocycles. The predicted molar refractivity (Wildman–Crippen MR) is 146 cm³/mol. The number of aldehydes is 1. The van der Waals surface area contributed by atoms with Crippen LogP contribution in [0, 0.1) is 20.8 Å². The highest BCUT2D eigenvalue weighted by Crippen LogP contribution is 2.51. The van der Waals surface area contributed by atoms with Crippen molar-refractivity contribution in [2.75, 3.05) is 0 Å². The van der Waals surface area contributed by atoms with E-state index in [-0.39, 0.29) is 23.8 Å². The zero-order valence-corrected chi connectivity index (χ0v) is 21.5. The standard InChI is InChI=1S/C32H31NO4/c1-19-12-13-26-24(16-19)29-20(2)25(18-34)23(21(3)30(29)33-26)10-7-11-27-28(17-32(37-27)14-15-32)36-31(35)22-8-5-4-6-9-22/h4-10,12-13,16,18,27-28,33H,11,14-15,17H2,1-3H3/b10-7-/t27-,28+/m0/s1. The number of nitrogens with one attached hydrogen (secondary N) is 1. The first-order valence-electron chi connectivity index (χ1n) is 13.0. The molecule has 0 bridgehead atoms. The number of ether oxygens (including phenoxy) is 2. The van der Waals surface area contributed by atoms with Crippen molar-refractivity contribution in [2.24, 2.45) is 0 Å². The monoisotopic (exact) mass is 493 g/mol. The zero-order chi connectivity index (χ0) is 25.7. The summed E-state index contributed by atoms with van der Waals surface area (Å²) >= 11 is 0. The van der Waals surface area contributed by atoms with Gasteiger partial charge in [-0.15, -0.1) is 0 Å². The van der Waals surface area contributed by atoms with Crippen LogP contribution in [0.5, 0.6) is 0 Å². The summed E-state index contributed by atoms with van der Waals surface area (Å²) in [5.41, 5.74) is 7.39. The minimum Gasteiger partial charge on any atom is -0.456 e. The van der Waals surface area contributed by atoms with Crippen LogP contribution >= 0.6 is 0 Å². The average molecular weight is 494 g/mol. The van der Waals surface area contributed by atoms with Crippen LogP contribution in [0.1, 0.15) is 68.7 Å². The summed E-state index contributed by atoms with van der Waals surface area (Å²) in [4.78, 5) is 28.6. The van der Waals surface area contributed by atoms with Crippen LogP contribution in [0.4, 0.5) is 0 Å². The fraction of sp³-hybridized carbons (Fsp3) is 0.312. The second-order valence-electron chi connectivity index (χ2n) is 10.6. The fourth-order valence-electron chi connectivity index (χ4n) is 5.84. The van der Waals surface area contributed by atoms with Crippen molar-refractivity contribution in [1.82, 2.24) is 4.98 Å². The maximum Gasteiger partial charge on any atom is 0.338 e. The number of rotatable bonds is 6. The summed E-state index contributed by atoms with van der Waals surface area (Å²) in [7, 11) is 0. The van der Waals surface area contributed by atoms with Gasteiger partial charge in [0, 0.05) is 28.3 Å². The smallest absolute Gasteiger partial charge is 0.338 e. The van der Waals surface area contributed by atoms with Crippen molar-refractivity contribution in [2.45, 2.75) is 64.3 Å². The zero-order valence-electron chi connectivity index (χ0n) is 21.5. The molecular weight excluding hydrogens is 462 g/mol. The minimum absolute atomic E-state index is 0.137. The molecule has 1 N–H and O–H groups in total. The van der Waals surface area contributed by atoms with Gasteiger partial charge in [-0.05, 0) is 81.0 Å². The molecule has 188 valence electrons. The van der Waals surface area contributed by atoms with Crippen molar-refractivity contribution >= 4 is 40.1 Å². The first kappa shape index (κ1) is 23.7. The molecule has 2 fully saturated rings. The number of carbonyl (C=O) groups is 2. The third kappa shape index (κ3) is 4.17. The predicted octanol–water partition coefficient (Wildman–Crippen LogP) is 7.01. The Balaban J connectivity index is 1.29. The largest absolute Gasteiger partial charge is 0.456 e. The molecule has 1 saturated carbocycles. The Hall–Kier alpha value is -3.70. The van der Waals surface area contributed by atoms with Gasteiger partial charge in [-0.1, -0.05) is 42.0 Å². The van der Waals surface area contributed by atoms with E-state index in [0.717, 1.165) is 64.0 Å². The Morgan fingerprint density at radius 3 is 2.59 bits per heavy atom. The van der Waals surface area contributed by atoms with Gasteiger partial charge in [-0.25, -0.2) is 4.79 Å². The van der Waals surface area contributed by atoms with Gasteiger partial charge >= 0.3 is 5.97 Å². The van der Waals surface area contributed by atoms with Crippen molar-refractivity contribution in [1.29, 1.82) is 0 Å². The molecule has 1 aliphatic carbocycles. The molecular formula is C32H31NO4. The molecule has 2 atom stereocenters. The topological polar surface area (TPSA) is 68.4 Å². The molecule has 5 nitrogen and oxygen atoms in total. The van der Waals surface area contributed by atoms with E-state index < -0.39 is 0 Å². The molecule has 3 aromatic carbocycles. The van der Waals surface area contributed by atoms with Crippen LogP contribution in [0.25, 0.3) is 27.9 Å². The lowest BCUT2D eigenvalue weighted by Crippen LogP contribution is -2.26. The molecule has 0 amide bonds. The SMILES string of the molecule is Cc1ccc2[nH]c3c(C)c(/C=C\C[C@@H]4OC5(CC5)C[C@H]4OC(=O)c4ccccc4)c(C=O)c(C)c3c2c1. The Kier molecular flexibility index (Phi) is 5.76. The number of benzene rings is 3. The van der Waals surface area contributed by atoms with Crippen molar-refractivity contribution < 1.29 is 19.1 Å². The molecule has 2 heterocycles. The molecule has 4 aromatic rings. The summed E-state index contributed by atoms with van der Waals surface area (Å²) in [6, 6.07) is 15.5. The molecule has 1 aromatic heterocycles. The number of esters is 1. The van der Waals surface area contributed by atoms with Crippen LogP contribution in [0.2, 0.25) is 0 Å². The number of fused-ring (bicyclic) bond motifs is 3. The highest BCUT2D eigenvalue weighted by Gasteiger charge is 2.55. The molecule has 0 radical (unpaired) electrons. The van der Waals surface area contributed by atoms with E-state index in [4.69, 9.17) is 9.47 Å². The second-order valence-corrected chi connectivity index (χ2v) is 10.6. The number of aryl methyl sites for hydroxylation is 3. The van der Waals surface area contributed by atoms with E-state index in [1.807, 2.05) is 31.2 Å². The van der Waals surface area contributed by atoms with Crippen LogP contribution in [0.3, 0.4) is 0 Å². The molecule has 2 aliphatic rings. The molecule has 37 heavy (non-hydrogen) atoms. The van der Waals surface area contributed by atoms with Crippen LogP contribution in [-0.4, -0.2) is 35.0 Å². The number of aromatic nitrogens is 1. The summed E-state index contributed by atoms with van der Waals surface area (Å²) in [5.74, 6) is -0.310. The van der Waals surface area contributed by atoms with Crippen molar-refractivity contribution in [3.05, 3.63) is 88.0 Å².